The first kappa shape index (κ1) is 16.7. The number of benzene rings is 1. The average Bonchev–Trinajstić information content (AvgIpc) is 2.44. The maximum absolute atomic E-state index is 11.4. The normalized spacial score (nSPS) is 13.9. The molecule has 0 spiro atoms. The molecule has 0 aliphatic rings. The van der Waals surface area contributed by atoms with Gasteiger partial charge in [-0.3, -0.25) is 4.79 Å². The van der Waals surface area contributed by atoms with E-state index in [4.69, 9.17) is 5.11 Å². The molecule has 0 amide bonds. The van der Waals surface area contributed by atoms with Gasteiger partial charge in [0.2, 0.25) is 0 Å². The van der Waals surface area contributed by atoms with E-state index in [-0.39, 0.29) is 11.5 Å². The Hall–Kier alpha value is -2.38. The van der Waals surface area contributed by atoms with E-state index >= 15 is 0 Å². The first-order valence-corrected chi connectivity index (χ1v) is 6.04. The van der Waals surface area contributed by atoms with Crippen molar-refractivity contribution in [3.8, 4) is 11.5 Å². The van der Waals surface area contributed by atoms with Crippen molar-refractivity contribution in [2.24, 2.45) is 0 Å². The molecule has 1 aromatic carbocycles. The summed E-state index contributed by atoms with van der Waals surface area (Å²) in [5.74, 6) is -2.03. The smallest absolute Gasteiger partial charge is 0.330 e. The number of phenolic OH excluding ortho intramolecular Hbond substituents is 2. The van der Waals surface area contributed by atoms with Crippen LogP contribution in [0.5, 0.6) is 11.5 Å². The summed E-state index contributed by atoms with van der Waals surface area (Å²) < 4.78 is 4.65. The molecule has 0 fully saturated rings. The third kappa shape index (κ3) is 5.25. The molecule has 0 aromatic heterocycles. The van der Waals surface area contributed by atoms with Gasteiger partial charge in [0.25, 0.3) is 0 Å². The zero-order valence-electron chi connectivity index (χ0n) is 11.3. The van der Waals surface area contributed by atoms with Crippen LogP contribution in [-0.4, -0.2) is 51.0 Å². The minimum Gasteiger partial charge on any atom is -0.504 e. The Balaban J connectivity index is 2.51. The molecule has 2 atom stereocenters. The summed E-state index contributed by atoms with van der Waals surface area (Å²) in [5, 5.41) is 36.9. The van der Waals surface area contributed by atoms with Crippen LogP contribution in [0.2, 0.25) is 0 Å². The summed E-state index contributed by atoms with van der Waals surface area (Å²) in [6.07, 6.45) is -0.720. The van der Waals surface area contributed by atoms with Crippen LogP contribution in [0.4, 0.5) is 0 Å². The van der Waals surface area contributed by atoms with Crippen molar-refractivity contribution in [1.82, 2.24) is 0 Å². The van der Waals surface area contributed by atoms with E-state index in [2.05, 4.69) is 4.74 Å². The molecule has 0 saturated heterocycles. The molecule has 7 heteroatoms. The topological polar surface area (TPSA) is 124 Å². The van der Waals surface area contributed by atoms with Crippen LogP contribution in [0.1, 0.15) is 12.5 Å². The lowest BCUT2D eigenvalue weighted by molar-refractivity contribution is -0.146. The van der Waals surface area contributed by atoms with Crippen molar-refractivity contribution >= 4 is 17.8 Å². The first-order chi connectivity index (χ1) is 9.81. The molecule has 0 saturated carbocycles. The van der Waals surface area contributed by atoms with Crippen LogP contribution >= 0.6 is 0 Å². The number of phenols is 2. The van der Waals surface area contributed by atoms with E-state index in [0.29, 0.717) is 5.56 Å². The molecule has 4 N–H and O–H groups in total. The van der Waals surface area contributed by atoms with E-state index < -0.39 is 30.6 Å². The first-order valence-electron chi connectivity index (χ1n) is 6.04. The van der Waals surface area contributed by atoms with Gasteiger partial charge >= 0.3 is 5.97 Å². The van der Waals surface area contributed by atoms with Gasteiger partial charge in [0.05, 0.1) is 0 Å². The SMILES string of the molecule is CC(=O)C(O)C(O)COC(=O)C=Cc1ccc(O)c(O)c1. The van der Waals surface area contributed by atoms with Crippen molar-refractivity contribution in [2.45, 2.75) is 19.1 Å². The number of ether oxygens (including phenoxy) is 1. The maximum Gasteiger partial charge on any atom is 0.330 e. The van der Waals surface area contributed by atoms with Gasteiger partial charge in [0, 0.05) is 6.08 Å². The fraction of sp³-hybridized carbons (Fsp3) is 0.286. The van der Waals surface area contributed by atoms with E-state index in [1.165, 1.54) is 24.3 Å². The highest BCUT2D eigenvalue weighted by Gasteiger charge is 2.21. The summed E-state index contributed by atoms with van der Waals surface area (Å²) in [4.78, 5) is 22.2. The Bertz CT molecular complexity index is 550. The highest BCUT2D eigenvalue weighted by molar-refractivity contribution is 5.87. The fourth-order valence-corrected chi connectivity index (χ4v) is 1.39. The molecule has 2 unspecified atom stereocenters. The van der Waals surface area contributed by atoms with Crippen molar-refractivity contribution in [3.63, 3.8) is 0 Å². The number of carbonyl (C=O) groups excluding carboxylic acids is 2. The second-order valence-electron chi connectivity index (χ2n) is 4.33. The molecule has 1 rings (SSSR count). The second kappa shape index (κ2) is 7.41. The number of aliphatic hydroxyl groups excluding tert-OH is 2. The summed E-state index contributed by atoms with van der Waals surface area (Å²) >= 11 is 0. The van der Waals surface area contributed by atoms with Gasteiger partial charge in [-0.25, -0.2) is 4.79 Å². The van der Waals surface area contributed by atoms with Crippen LogP contribution in [0.3, 0.4) is 0 Å². The standard InChI is InChI=1S/C14H16O7/c1-8(15)14(20)12(18)7-21-13(19)5-3-9-2-4-10(16)11(17)6-9/h2-6,12,14,16-18,20H,7H2,1H3. The number of ketones is 1. The molecule has 1 aromatic rings. The lowest BCUT2D eigenvalue weighted by Gasteiger charge is -2.14. The van der Waals surface area contributed by atoms with Crippen LogP contribution in [-0.2, 0) is 14.3 Å². The maximum atomic E-state index is 11.4. The summed E-state index contributed by atoms with van der Waals surface area (Å²) in [6, 6.07) is 3.97. The van der Waals surface area contributed by atoms with Gasteiger partial charge in [-0.15, -0.1) is 0 Å². The minimum atomic E-state index is -1.60. The summed E-state index contributed by atoms with van der Waals surface area (Å²) in [7, 11) is 0. The number of esters is 1. The molecule has 0 aliphatic carbocycles. The van der Waals surface area contributed by atoms with Crippen molar-refractivity contribution in [3.05, 3.63) is 29.8 Å². The largest absolute Gasteiger partial charge is 0.504 e. The van der Waals surface area contributed by atoms with Gasteiger partial charge in [-0.2, -0.15) is 0 Å². The van der Waals surface area contributed by atoms with Crippen LogP contribution in [0, 0.1) is 0 Å². The fourth-order valence-electron chi connectivity index (χ4n) is 1.39. The number of aromatic hydroxyl groups is 2. The van der Waals surface area contributed by atoms with Gasteiger partial charge < -0.3 is 25.2 Å². The third-order valence-corrected chi connectivity index (χ3v) is 2.59. The van der Waals surface area contributed by atoms with E-state index in [9.17, 15) is 24.9 Å². The molecule has 114 valence electrons. The van der Waals surface area contributed by atoms with E-state index in [1.54, 1.807) is 0 Å². The Morgan fingerprint density at radius 3 is 2.48 bits per heavy atom. The molecule has 0 heterocycles. The zero-order chi connectivity index (χ0) is 16.0. The van der Waals surface area contributed by atoms with E-state index in [0.717, 1.165) is 13.0 Å². The number of rotatable bonds is 6. The van der Waals surface area contributed by atoms with E-state index in [1.807, 2.05) is 0 Å². The number of hydrogen-bond donors (Lipinski definition) is 4. The third-order valence-electron chi connectivity index (χ3n) is 2.59. The number of carbonyl (C=O) groups is 2. The van der Waals surface area contributed by atoms with Crippen LogP contribution < -0.4 is 0 Å². The number of hydrogen-bond acceptors (Lipinski definition) is 7. The molecular weight excluding hydrogens is 280 g/mol. The van der Waals surface area contributed by atoms with Crippen molar-refractivity contribution in [2.75, 3.05) is 6.61 Å². The second-order valence-corrected chi connectivity index (χ2v) is 4.33. The number of Topliss-reactive ketones (excluding diaryl/α,β-unsaturated/α-hetero) is 1. The van der Waals surface area contributed by atoms with Crippen molar-refractivity contribution < 1.29 is 34.8 Å². The molecule has 0 aliphatic heterocycles. The lowest BCUT2D eigenvalue weighted by atomic mass is 10.1. The molecular formula is C14H16O7. The van der Waals surface area contributed by atoms with Gasteiger partial charge in [-0.05, 0) is 30.7 Å². The molecule has 0 bridgehead atoms. The molecule has 7 nitrogen and oxygen atoms in total. The highest BCUT2D eigenvalue weighted by Crippen LogP contribution is 2.25. The van der Waals surface area contributed by atoms with Gasteiger partial charge in [-0.1, -0.05) is 6.07 Å². The average molecular weight is 296 g/mol. The van der Waals surface area contributed by atoms with Crippen LogP contribution in [0.15, 0.2) is 24.3 Å². The summed E-state index contributed by atoms with van der Waals surface area (Å²) in [6.45, 7) is 0.581. The number of aliphatic hydroxyl groups is 2. The van der Waals surface area contributed by atoms with Gasteiger partial charge in [0.15, 0.2) is 17.3 Å². The Morgan fingerprint density at radius 1 is 1.24 bits per heavy atom. The predicted molar refractivity (Wildman–Crippen MR) is 72.5 cm³/mol. The Morgan fingerprint density at radius 2 is 1.90 bits per heavy atom. The molecule has 21 heavy (non-hydrogen) atoms. The predicted octanol–water partition coefficient (Wildman–Crippen LogP) is -0.0350. The lowest BCUT2D eigenvalue weighted by Crippen LogP contribution is -2.36. The summed E-state index contributed by atoms with van der Waals surface area (Å²) in [5.41, 5.74) is 0.451. The van der Waals surface area contributed by atoms with Gasteiger partial charge in [0.1, 0.15) is 18.8 Å². The quantitative estimate of drug-likeness (QED) is 0.330. The minimum absolute atomic E-state index is 0.281. The Kier molecular flexibility index (Phi) is 5.89. The zero-order valence-corrected chi connectivity index (χ0v) is 11.3. The highest BCUT2D eigenvalue weighted by atomic mass is 16.5. The Labute approximate surface area is 120 Å². The molecule has 0 radical (unpaired) electrons. The monoisotopic (exact) mass is 296 g/mol. The van der Waals surface area contributed by atoms with Crippen LogP contribution in [0.25, 0.3) is 6.08 Å². The van der Waals surface area contributed by atoms with Crippen molar-refractivity contribution in [1.29, 1.82) is 0 Å².